The zero-order valence-electron chi connectivity index (χ0n) is 20.8. The van der Waals surface area contributed by atoms with E-state index < -0.39 is 23.7 Å². The minimum atomic E-state index is -1.06. The fraction of sp³-hybridized carbons (Fsp3) is 0.276. The van der Waals surface area contributed by atoms with Crippen molar-refractivity contribution in [3.8, 4) is 11.5 Å². The Bertz CT molecular complexity index is 1210. The standard InChI is InChI=1S/C29H29ClFNO5/c1-19-5-3-6-20(2)29(19)36-24-15-13-23(14-16-24)32-26(33)7-4-8-27(34)37-25(17-18-30)28(35)21-9-11-22(31)12-10-21/h3,5-6,9-16,25H,4,7-8,17-18H2,1-2H3,(H,32,33). The van der Waals surface area contributed by atoms with Gasteiger partial charge in [0.15, 0.2) is 6.10 Å². The van der Waals surface area contributed by atoms with Gasteiger partial charge in [0.1, 0.15) is 17.3 Å². The van der Waals surface area contributed by atoms with Crippen molar-refractivity contribution < 1.29 is 28.2 Å². The average molecular weight is 526 g/mol. The van der Waals surface area contributed by atoms with Gasteiger partial charge >= 0.3 is 5.97 Å². The van der Waals surface area contributed by atoms with Crippen LogP contribution in [0.5, 0.6) is 11.5 Å². The van der Waals surface area contributed by atoms with E-state index in [0.717, 1.165) is 29.0 Å². The Labute approximate surface area is 220 Å². The summed E-state index contributed by atoms with van der Waals surface area (Å²) in [5.74, 6) is -0.207. The number of anilines is 1. The van der Waals surface area contributed by atoms with Gasteiger partial charge in [0.05, 0.1) is 0 Å². The molecular weight excluding hydrogens is 497 g/mol. The Morgan fingerprint density at radius 2 is 1.57 bits per heavy atom. The second kappa shape index (κ2) is 13.6. The number of hydrogen-bond acceptors (Lipinski definition) is 5. The van der Waals surface area contributed by atoms with Crippen molar-refractivity contribution in [2.45, 2.75) is 45.6 Å². The van der Waals surface area contributed by atoms with E-state index in [-0.39, 0.29) is 43.0 Å². The molecule has 1 amide bonds. The molecule has 6 nitrogen and oxygen atoms in total. The number of nitrogens with one attached hydrogen (secondary N) is 1. The number of carbonyl (C=O) groups is 3. The van der Waals surface area contributed by atoms with Gasteiger partial charge in [-0.1, -0.05) is 18.2 Å². The number of hydrogen-bond donors (Lipinski definition) is 1. The third kappa shape index (κ3) is 8.43. The second-order valence-corrected chi connectivity index (χ2v) is 8.95. The number of alkyl halides is 1. The molecule has 0 spiro atoms. The Morgan fingerprint density at radius 1 is 0.919 bits per heavy atom. The van der Waals surface area contributed by atoms with Crippen LogP contribution in [0.2, 0.25) is 0 Å². The first-order valence-electron chi connectivity index (χ1n) is 12.0. The molecule has 0 saturated heterocycles. The highest BCUT2D eigenvalue weighted by atomic mass is 35.5. The number of ketones is 1. The number of rotatable bonds is 12. The van der Waals surface area contributed by atoms with Gasteiger partial charge in [-0.2, -0.15) is 0 Å². The van der Waals surface area contributed by atoms with Crippen molar-refractivity contribution in [3.05, 3.63) is 89.2 Å². The molecule has 0 saturated carbocycles. The normalized spacial score (nSPS) is 11.5. The van der Waals surface area contributed by atoms with E-state index in [0.29, 0.717) is 11.4 Å². The Kier molecular flexibility index (Phi) is 10.2. The summed E-state index contributed by atoms with van der Waals surface area (Å²) in [6.07, 6.45) is -0.620. The highest BCUT2D eigenvalue weighted by molar-refractivity contribution is 6.18. The van der Waals surface area contributed by atoms with Gasteiger partial charge in [0, 0.05) is 36.4 Å². The van der Waals surface area contributed by atoms with Crippen LogP contribution >= 0.6 is 11.6 Å². The molecule has 0 aromatic heterocycles. The Morgan fingerprint density at radius 3 is 2.19 bits per heavy atom. The second-order valence-electron chi connectivity index (χ2n) is 8.58. The number of para-hydroxylation sites is 1. The number of benzene rings is 3. The first-order valence-corrected chi connectivity index (χ1v) is 12.5. The van der Waals surface area contributed by atoms with Gasteiger partial charge in [0.2, 0.25) is 11.7 Å². The van der Waals surface area contributed by atoms with Gasteiger partial charge in [0.25, 0.3) is 0 Å². The van der Waals surface area contributed by atoms with Crippen LogP contribution in [-0.4, -0.2) is 29.6 Å². The highest BCUT2D eigenvalue weighted by Crippen LogP contribution is 2.29. The van der Waals surface area contributed by atoms with Crippen LogP contribution in [0.4, 0.5) is 10.1 Å². The summed E-state index contributed by atoms with van der Waals surface area (Å²) in [6.45, 7) is 3.96. The van der Waals surface area contributed by atoms with Gasteiger partial charge in [-0.05, 0) is 79.9 Å². The SMILES string of the molecule is Cc1cccc(C)c1Oc1ccc(NC(=O)CCCC(=O)OC(CCCl)C(=O)c2ccc(F)cc2)cc1. The molecule has 0 fully saturated rings. The molecule has 0 bridgehead atoms. The van der Waals surface area contributed by atoms with Gasteiger partial charge in [-0.15, -0.1) is 11.6 Å². The van der Waals surface area contributed by atoms with Crippen LogP contribution in [0.15, 0.2) is 66.7 Å². The lowest BCUT2D eigenvalue weighted by Gasteiger charge is -2.16. The van der Waals surface area contributed by atoms with E-state index in [1.165, 1.54) is 12.1 Å². The summed E-state index contributed by atoms with van der Waals surface area (Å²) in [5, 5.41) is 2.79. The number of amides is 1. The van der Waals surface area contributed by atoms with E-state index >= 15 is 0 Å². The molecule has 0 aliphatic rings. The van der Waals surface area contributed by atoms with Crippen LogP contribution < -0.4 is 10.1 Å². The quantitative estimate of drug-likeness (QED) is 0.160. The molecule has 194 valence electrons. The minimum Gasteiger partial charge on any atom is -0.457 e. The summed E-state index contributed by atoms with van der Waals surface area (Å²) in [7, 11) is 0. The maximum atomic E-state index is 13.1. The lowest BCUT2D eigenvalue weighted by molar-refractivity contribution is -0.147. The van der Waals surface area contributed by atoms with E-state index in [1.807, 2.05) is 32.0 Å². The summed E-state index contributed by atoms with van der Waals surface area (Å²) in [6, 6.07) is 18.0. The van der Waals surface area contributed by atoms with Gasteiger partial charge in [-0.25, -0.2) is 4.39 Å². The molecule has 0 aliphatic carbocycles. The number of halogens is 2. The first-order chi connectivity index (χ1) is 17.8. The van der Waals surface area contributed by atoms with Crippen molar-refractivity contribution in [3.63, 3.8) is 0 Å². The van der Waals surface area contributed by atoms with Gasteiger partial charge < -0.3 is 14.8 Å². The molecule has 1 N–H and O–H groups in total. The fourth-order valence-corrected chi connectivity index (χ4v) is 3.86. The zero-order chi connectivity index (χ0) is 26.8. The molecule has 8 heteroatoms. The maximum absolute atomic E-state index is 13.1. The first kappa shape index (κ1) is 27.9. The molecule has 3 aromatic rings. The van der Waals surface area contributed by atoms with Crippen LogP contribution in [0.3, 0.4) is 0 Å². The van der Waals surface area contributed by atoms with Crippen molar-refractivity contribution in [1.29, 1.82) is 0 Å². The maximum Gasteiger partial charge on any atom is 0.306 e. The van der Waals surface area contributed by atoms with Crippen LogP contribution in [-0.2, 0) is 14.3 Å². The Balaban J connectivity index is 1.44. The van der Waals surface area contributed by atoms with Crippen LogP contribution in [0.1, 0.15) is 47.2 Å². The number of Topliss-reactive ketones (excluding diaryl/α,β-unsaturated/α-hetero) is 1. The molecule has 1 unspecified atom stereocenters. The summed E-state index contributed by atoms with van der Waals surface area (Å²) in [4.78, 5) is 37.2. The van der Waals surface area contributed by atoms with Crippen molar-refractivity contribution in [2.24, 2.45) is 0 Å². The molecule has 0 radical (unpaired) electrons. The summed E-state index contributed by atoms with van der Waals surface area (Å²) >= 11 is 5.76. The number of ether oxygens (including phenoxy) is 2. The number of esters is 1. The Hall–Kier alpha value is -3.71. The molecule has 1 atom stereocenters. The van der Waals surface area contributed by atoms with Crippen molar-refractivity contribution in [2.75, 3.05) is 11.2 Å². The lowest BCUT2D eigenvalue weighted by atomic mass is 10.0. The predicted molar refractivity (Wildman–Crippen MR) is 141 cm³/mol. The van der Waals surface area contributed by atoms with E-state index in [2.05, 4.69) is 5.32 Å². The lowest BCUT2D eigenvalue weighted by Crippen LogP contribution is -2.28. The molecular formula is C29H29ClFNO5. The predicted octanol–water partition coefficient (Wildman–Crippen LogP) is 6.77. The third-order valence-electron chi connectivity index (χ3n) is 5.62. The van der Waals surface area contributed by atoms with E-state index in [1.54, 1.807) is 24.3 Å². The topological polar surface area (TPSA) is 81.7 Å². The molecule has 37 heavy (non-hydrogen) atoms. The van der Waals surface area contributed by atoms with Crippen LogP contribution in [0.25, 0.3) is 0 Å². The smallest absolute Gasteiger partial charge is 0.306 e. The van der Waals surface area contributed by atoms with Gasteiger partial charge in [-0.3, -0.25) is 14.4 Å². The minimum absolute atomic E-state index is 0.0363. The van der Waals surface area contributed by atoms with Crippen LogP contribution in [0, 0.1) is 19.7 Å². The number of aryl methyl sites for hydroxylation is 2. The molecule has 3 rings (SSSR count). The number of carbonyl (C=O) groups excluding carboxylic acids is 3. The van der Waals surface area contributed by atoms with Crippen molar-refractivity contribution >= 4 is 34.9 Å². The monoisotopic (exact) mass is 525 g/mol. The van der Waals surface area contributed by atoms with Crippen molar-refractivity contribution in [1.82, 2.24) is 0 Å². The molecule has 0 aliphatic heterocycles. The fourth-order valence-electron chi connectivity index (χ4n) is 3.66. The summed E-state index contributed by atoms with van der Waals surface area (Å²) < 4.78 is 24.4. The summed E-state index contributed by atoms with van der Waals surface area (Å²) in [5.41, 5.74) is 2.90. The van der Waals surface area contributed by atoms with E-state index in [9.17, 15) is 18.8 Å². The zero-order valence-corrected chi connectivity index (χ0v) is 21.5. The third-order valence-corrected chi connectivity index (χ3v) is 5.84. The average Bonchev–Trinajstić information content (AvgIpc) is 2.87. The highest BCUT2D eigenvalue weighted by Gasteiger charge is 2.24. The largest absolute Gasteiger partial charge is 0.457 e. The van der Waals surface area contributed by atoms with E-state index in [4.69, 9.17) is 21.1 Å². The molecule has 3 aromatic carbocycles. The molecule has 0 heterocycles.